The Balaban J connectivity index is 1.92. The Morgan fingerprint density at radius 3 is 2.94 bits per heavy atom. The first-order valence-corrected chi connectivity index (χ1v) is 6.27. The summed E-state index contributed by atoms with van der Waals surface area (Å²) in [6, 6.07) is 10.3. The summed E-state index contributed by atoms with van der Waals surface area (Å²) in [4.78, 5) is 13.6. The maximum atomic E-state index is 10.3. The van der Waals surface area contributed by atoms with Crippen LogP contribution in [0.5, 0.6) is 0 Å². The maximum absolute atomic E-state index is 10.3. The van der Waals surface area contributed by atoms with Crippen molar-refractivity contribution in [2.45, 2.75) is 6.42 Å². The molecule has 2 aromatic rings. The first kappa shape index (κ1) is 11.1. The Morgan fingerprint density at radius 1 is 1.38 bits per heavy atom. The van der Waals surface area contributed by atoms with Crippen LogP contribution in [0, 0.1) is 0 Å². The summed E-state index contributed by atoms with van der Waals surface area (Å²) < 4.78 is 0. The number of benzene rings is 1. The summed E-state index contributed by atoms with van der Waals surface area (Å²) in [6.07, 6.45) is 0.882. The van der Waals surface area contributed by atoms with Crippen molar-refractivity contribution in [2.75, 3.05) is 11.5 Å². The minimum atomic E-state index is -0.748. The molecule has 0 unspecified atom stereocenters. The molecule has 0 atom stereocenters. The highest BCUT2D eigenvalue weighted by atomic mass is 32.2. The van der Waals surface area contributed by atoms with Gasteiger partial charge in [0.15, 0.2) is 0 Å². The lowest BCUT2D eigenvalue weighted by atomic mass is 10.2. The van der Waals surface area contributed by atoms with Crippen molar-refractivity contribution >= 4 is 28.6 Å². The SMILES string of the molecule is O=C(O)CSCCc1cc2ccccc2[nH]1. The standard InChI is InChI=1S/C12H13NO2S/c14-12(15)8-16-6-5-10-7-9-3-1-2-4-11(9)13-10/h1-4,7,13H,5-6,8H2,(H,14,15). The third kappa shape index (κ3) is 2.79. The highest BCUT2D eigenvalue weighted by Crippen LogP contribution is 2.16. The number of carboxylic acids is 1. The van der Waals surface area contributed by atoms with E-state index in [0.29, 0.717) is 0 Å². The molecule has 0 radical (unpaired) electrons. The number of aromatic nitrogens is 1. The fraction of sp³-hybridized carbons (Fsp3) is 0.250. The molecule has 4 heteroatoms. The number of hydrogen-bond donors (Lipinski definition) is 2. The van der Waals surface area contributed by atoms with Gasteiger partial charge in [-0.25, -0.2) is 0 Å². The van der Waals surface area contributed by atoms with Crippen molar-refractivity contribution in [3.8, 4) is 0 Å². The van der Waals surface area contributed by atoms with Crippen LogP contribution in [0.15, 0.2) is 30.3 Å². The molecule has 2 N–H and O–H groups in total. The highest BCUT2D eigenvalue weighted by Gasteiger charge is 2.01. The van der Waals surface area contributed by atoms with Crippen molar-refractivity contribution in [1.29, 1.82) is 0 Å². The number of aliphatic carboxylic acids is 1. The number of carbonyl (C=O) groups is 1. The predicted octanol–water partition coefficient (Wildman–Crippen LogP) is 2.53. The number of fused-ring (bicyclic) bond motifs is 1. The molecular weight excluding hydrogens is 222 g/mol. The van der Waals surface area contributed by atoms with Crippen molar-refractivity contribution in [1.82, 2.24) is 4.98 Å². The van der Waals surface area contributed by atoms with E-state index in [1.54, 1.807) is 0 Å². The second-order valence-electron chi connectivity index (χ2n) is 3.58. The van der Waals surface area contributed by atoms with Crippen molar-refractivity contribution < 1.29 is 9.90 Å². The van der Waals surface area contributed by atoms with E-state index in [1.807, 2.05) is 18.2 Å². The minimum Gasteiger partial charge on any atom is -0.481 e. The van der Waals surface area contributed by atoms with Gasteiger partial charge in [0, 0.05) is 11.2 Å². The summed E-state index contributed by atoms with van der Waals surface area (Å²) in [5, 5.41) is 9.71. The first-order valence-electron chi connectivity index (χ1n) is 5.12. The van der Waals surface area contributed by atoms with E-state index >= 15 is 0 Å². The monoisotopic (exact) mass is 235 g/mol. The third-order valence-corrected chi connectivity index (χ3v) is 3.27. The lowest BCUT2D eigenvalue weighted by molar-refractivity contribution is -0.133. The van der Waals surface area contributed by atoms with Gasteiger partial charge in [0.05, 0.1) is 5.75 Å². The number of aromatic amines is 1. The maximum Gasteiger partial charge on any atom is 0.313 e. The number of nitrogens with one attached hydrogen (secondary N) is 1. The molecular formula is C12H13NO2S. The number of carboxylic acid groups (broad SMARTS) is 1. The molecule has 1 heterocycles. The predicted molar refractivity (Wildman–Crippen MR) is 67.0 cm³/mol. The van der Waals surface area contributed by atoms with Gasteiger partial charge in [-0.2, -0.15) is 0 Å². The molecule has 0 aliphatic heterocycles. The van der Waals surface area contributed by atoms with Gasteiger partial charge in [-0.15, -0.1) is 11.8 Å². The van der Waals surface area contributed by atoms with Crippen molar-refractivity contribution in [2.24, 2.45) is 0 Å². The Labute approximate surface area is 97.9 Å². The molecule has 2 rings (SSSR count). The van der Waals surface area contributed by atoms with Crippen LogP contribution < -0.4 is 0 Å². The smallest absolute Gasteiger partial charge is 0.313 e. The largest absolute Gasteiger partial charge is 0.481 e. The molecule has 1 aromatic carbocycles. The molecule has 84 valence electrons. The fourth-order valence-electron chi connectivity index (χ4n) is 1.61. The second-order valence-corrected chi connectivity index (χ2v) is 4.68. The second kappa shape index (κ2) is 5.07. The number of para-hydroxylation sites is 1. The average molecular weight is 235 g/mol. The number of aryl methyl sites for hydroxylation is 1. The Morgan fingerprint density at radius 2 is 2.19 bits per heavy atom. The molecule has 0 amide bonds. The molecule has 0 spiro atoms. The van der Waals surface area contributed by atoms with Crippen molar-refractivity contribution in [3.05, 3.63) is 36.0 Å². The summed E-state index contributed by atoms with van der Waals surface area (Å²) >= 11 is 1.45. The van der Waals surface area contributed by atoms with Gasteiger partial charge in [-0.1, -0.05) is 18.2 Å². The van der Waals surface area contributed by atoms with E-state index < -0.39 is 5.97 Å². The van der Waals surface area contributed by atoms with E-state index in [1.165, 1.54) is 22.8 Å². The Bertz CT molecular complexity index is 459. The van der Waals surface area contributed by atoms with Gasteiger partial charge < -0.3 is 10.1 Å². The lowest BCUT2D eigenvalue weighted by Crippen LogP contribution is -1.99. The highest BCUT2D eigenvalue weighted by molar-refractivity contribution is 7.99. The number of thioether (sulfide) groups is 1. The van der Waals surface area contributed by atoms with E-state index in [2.05, 4.69) is 17.1 Å². The topological polar surface area (TPSA) is 53.1 Å². The number of H-pyrrole nitrogens is 1. The molecule has 0 fully saturated rings. The third-order valence-electron chi connectivity index (χ3n) is 2.33. The Kier molecular flexibility index (Phi) is 3.51. The first-order chi connectivity index (χ1) is 7.75. The van der Waals surface area contributed by atoms with E-state index in [-0.39, 0.29) is 5.75 Å². The van der Waals surface area contributed by atoms with Crippen LogP contribution in [0.25, 0.3) is 10.9 Å². The molecule has 1 aromatic heterocycles. The molecule has 3 nitrogen and oxygen atoms in total. The fourth-order valence-corrected chi connectivity index (χ4v) is 2.29. The average Bonchev–Trinajstić information content (AvgIpc) is 2.66. The van der Waals surface area contributed by atoms with Gasteiger partial charge in [0.25, 0.3) is 0 Å². The number of hydrogen-bond acceptors (Lipinski definition) is 2. The quantitative estimate of drug-likeness (QED) is 0.783. The van der Waals surface area contributed by atoms with Crippen LogP contribution in [-0.2, 0) is 11.2 Å². The zero-order valence-electron chi connectivity index (χ0n) is 8.77. The molecule has 0 bridgehead atoms. The molecule has 0 aliphatic rings. The molecule has 0 saturated carbocycles. The van der Waals surface area contributed by atoms with Crippen LogP contribution in [0.2, 0.25) is 0 Å². The zero-order chi connectivity index (χ0) is 11.4. The van der Waals surface area contributed by atoms with E-state index in [4.69, 9.17) is 5.11 Å². The van der Waals surface area contributed by atoms with Gasteiger partial charge in [0.1, 0.15) is 0 Å². The van der Waals surface area contributed by atoms with E-state index in [0.717, 1.165) is 17.7 Å². The van der Waals surface area contributed by atoms with Gasteiger partial charge in [-0.05, 0) is 29.7 Å². The van der Waals surface area contributed by atoms with Crippen LogP contribution >= 0.6 is 11.8 Å². The van der Waals surface area contributed by atoms with E-state index in [9.17, 15) is 4.79 Å². The summed E-state index contributed by atoms with van der Waals surface area (Å²) in [5.74, 6) is 0.265. The van der Waals surface area contributed by atoms with Gasteiger partial charge in [0.2, 0.25) is 0 Å². The number of rotatable bonds is 5. The zero-order valence-corrected chi connectivity index (χ0v) is 9.59. The van der Waals surface area contributed by atoms with Crippen LogP contribution in [0.3, 0.4) is 0 Å². The van der Waals surface area contributed by atoms with Crippen LogP contribution in [-0.4, -0.2) is 27.6 Å². The Hall–Kier alpha value is -1.42. The lowest BCUT2D eigenvalue weighted by Gasteiger charge is -1.96. The minimum absolute atomic E-state index is 0.181. The molecule has 0 saturated heterocycles. The summed E-state index contributed by atoms with van der Waals surface area (Å²) in [5.41, 5.74) is 2.31. The summed E-state index contributed by atoms with van der Waals surface area (Å²) in [6.45, 7) is 0. The van der Waals surface area contributed by atoms with Gasteiger partial charge in [-0.3, -0.25) is 4.79 Å². The van der Waals surface area contributed by atoms with Gasteiger partial charge >= 0.3 is 5.97 Å². The summed E-state index contributed by atoms with van der Waals surface area (Å²) in [7, 11) is 0. The van der Waals surface area contributed by atoms with Crippen molar-refractivity contribution in [3.63, 3.8) is 0 Å². The van der Waals surface area contributed by atoms with Crippen LogP contribution in [0.1, 0.15) is 5.69 Å². The normalized spacial score (nSPS) is 10.8. The molecule has 16 heavy (non-hydrogen) atoms. The molecule has 0 aliphatic carbocycles. The van der Waals surface area contributed by atoms with Crippen LogP contribution in [0.4, 0.5) is 0 Å².